The molecule has 1 aromatic rings. The maximum atomic E-state index is 12.1. The molecule has 0 bridgehead atoms. The van der Waals surface area contributed by atoms with Gasteiger partial charge in [-0.05, 0) is 24.1 Å². The molecule has 0 saturated carbocycles. The van der Waals surface area contributed by atoms with Gasteiger partial charge in [0.15, 0.2) is 0 Å². The number of nitrogens with two attached hydrogens (primary N) is 1. The van der Waals surface area contributed by atoms with E-state index in [0.29, 0.717) is 12.0 Å². The molecule has 0 unspecified atom stereocenters. The molecule has 0 aliphatic heterocycles. The van der Waals surface area contributed by atoms with Crippen LogP contribution in [0.4, 0.5) is 13.2 Å². The number of benzene rings is 1. The number of rotatable bonds is 6. The van der Waals surface area contributed by atoms with Crippen LogP contribution in [0, 0.1) is 0 Å². The predicted octanol–water partition coefficient (Wildman–Crippen LogP) is 3.79. The predicted molar refractivity (Wildman–Crippen MR) is 70.6 cm³/mol. The number of unbranched alkanes of at least 4 members (excludes halogenated alkanes) is 1. The molecule has 0 heterocycles. The molecule has 114 valence electrons. The van der Waals surface area contributed by atoms with Crippen molar-refractivity contribution in [2.45, 2.75) is 44.7 Å². The van der Waals surface area contributed by atoms with E-state index in [0.717, 1.165) is 18.9 Å². The summed E-state index contributed by atoms with van der Waals surface area (Å²) >= 11 is 5.73. The minimum absolute atomic E-state index is 0.196. The van der Waals surface area contributed by atoms with Crippen LogP contribution in [0.15, 0.2) is 18.2 Å². The second-order valence-corrected chi connectivity index (χ2v) is 4.88. The van der Waals surface area contributed by atoms with Crippen LogP contribution in [0.3, 0.4) is 0 Å². The summed E-state index contributed by atoms with van der Waals surface area (Å²) in [5, 5.41) is 9.67. The second kappa shape index (κ2) is 7.15. The van der Waals surface area contributed by atoms with Crippen molar-refractivity contribution in [3.05, 3.63) is 28.8 Å². The number of hydrogen-bond donors (Lipinski definition) is 2. The average molecular weight is 312 g/mol. The van der Waals surface area contributed by atoms with Crippen molar-refractivity contribution >= 4 is 11.6 Å². The zero-order chi connectivity index (χ0) is 15.3. The molecule has 2 atom stereocenters. The molecule has 0 saturated heterocycles. The topological polar surface area (TPSA) is 55.5 Å². The Labute approximate surface area is 120 Å². The van der Waals surface area contributed by atoms with E-state index in [-0.39, 0.29) is 5.02 Å². The van der Waals surface area contributed by atoms with E-state index in [1.807, 2.05) is 6.92 Å². The molecule has 0 radical (unpaired) electrons. The second-order valence-electron chi connectivity index (χ2n) is 4.47. The Hall–Kier alpha value is -0.980. The first-order chi connectivity index (χ1) is 9.24. The summed E-state index contributed by atoms with van der Waals surface area (Å²) in [7, 11) is 0. The van der Waals surface area contributed by atoms with Gasteiger partial charge in [0, 0.05) is 0 Å². The zero-order valence-electron chi connectivity index (χ0n) is 11.0. The van der Waals surface area contributed by atoms with Crippen molar-refractivity contribution in [2.75, 3.05) is 0 Å². The number of aliphatic hydroxyl groups is 1. The summed E-state index contributed by atoms with van der Waals surface area (Å²) in [6, 6.07) is 3.05. The monoisotopic (exact) mass is 311 g/mol. The van der Waals surface area contributed by atoms with E-state index < -0.39 is 24.3 Å². The summed E-state index contributed by atoms with van der Waals surface area (Å²) in [5.41, 5.74) is 6.32. The normalized spacial score (nSPS) is 14.9. The number of halogens is 4. The molecular weight excluding hydrogens is 295 g/mol. The summed E-state index contributed by atoms with van der Waals surface area (Å²) in [6.07, 6.45) is -3.30. The van der Waals surface area contributed by atoms with Crippen LogP contribution in [-0.4, -0.2) is 17.6 Å². The van der Waals surface area contributed by atoms with Crippen LogP contribution in [0.2, 0.25) is 5.02 Å². The number of ether oxygens (including phenoxy) is 1. The van der Waals surface area contributed by atoms with Crippen LogP contribution < -0.4 is 10.5 Å². The van der Waals surface area contributed by atoms with E-state index in [1.165, 1.54) is 12.1 Å². The highest BCUT2D eigenvalue weighted by Crippen LogP contribution is 2.32. The fourth-order valence-corrected chi connectivity index (χ4v) is 1.97. The summed E-state index contributed by atoms with van der Waals surface area (Å²) in [6.45, 7) is 1.98. The van der Waals surface area contributed by atoms with E-state index >= 15 is 0 Å². The summed E-state index contributed by atoms with van der Waals surface area (Å²) in [4.78, 5) is 0. The first kappa shape index (κ1) is 17.1. The Morgan fingerprint density at radius 1 is 1.40 bits per heavy atom. The molecule has 1 rings (SSSR count). The van der Waals surface area contributed by atoms with Crippen molar-refractivity contribution in [3.8, 4) is 5.75 Å². The van der Waals surface area contributed by atoms with Gasteiger partial charge in [-0.1, -0.05) is 37.4 Å². The van der Waals surface area contributed by atoms with E-state index in [1.54, 1.807) is 0 Å². The quantitative estimate of drug-likeness (QED) is 0.840. The zero-order valence-corrected chi connectivity index (χ0v) is 11.7. The highest BCUT2D eigenvalue weighted by molar-refractivity contribution is 6.32. The molecule has 0 spiro atoms. The molecule has 3 N–H and O–H groups in total. The fourth-order valence-electron chi connectivity index (χ4n) is 1.75. The molecule has 1 aromatic carbocycles. The number of aliphatic hydroxyl groups excluding tert-OH is 1. The molecule has 20 heavy (non-hydrogen) atoms. The lowest BCUT2D eigenvalue weighted by molar-refractivity contribution is -0.274. The van der Waals surface area contributed by atoms with E-state index in [4.69, 9.17) is 17.3 Å². The third-order valence-corrected chi connectivity index (χ3v) is 3.13. The van der Waals surface area contributed by atoms with E-state index in [2.05, 4.69) is 4.74 Å². The first-order valence-electron chi connectivity index (χ1n) is 6.23. The SMILES string of the molecule is CCCC[C@H](O)[C@H](N)c1ccc(OC(F)(F)F)c(Cl)c1. The van der Waals surface area contributed by atoms with Gasteiger partial charge >= 0.3 is 6.36 Å². The van der Waals surface area contributed by atoms with Crippen molar-refractivity contribution < 1.29 is 23.0 Å². The van der Waals surface area contributed by atoms with Gasteiger partial charge in [0.25, 0.3) is 0 Å². The largest absolute Gasteiger partial charge is 0.573 e. The Morgan fingerprint density at radius 3 is 2.55 bits per heavy atom. The Balaban J connectivity index is 2.81. The maximum absolute atomic E-state index is 12.1. The lowest BCUT2D eigenvalue weighted by Crippen LogP contribution is -2.26. The van der Waals surface area contributed by atoms with Gasteiger partial charge in [0.1, 0.15) is 5.75 Å². The number of alkyl halides is 3. The fraction of sp³-hybridized carbons (Fsp3) is 0.538. The Kier molecular flexibility index (Phi) is 6.10. The molecule has 0 amide bonds. The van der Waals surface area contributed by atoms with Crippen molar-refractivity contribution in [2.24, 2.45) is 5.73 Å². The average Bonchev–Trinajstić information content (AvgIpc) is 2.36. The molecule has 0 aliphatic carbocycles. The highest BCUT2D eigenvalue weighted by atomic mass is 35.5. The molecule has 0 aliphatic rings. The third kappa shape index (κ3) is 5.19. The third-order valence-electron chi connectivity index (χ3n) is 2.83. The molecule has 0 fully saturated rings. The summed E-state index contributed by atoms with van der Waals surface area (Å²) in [5.74, 6) is -0.488. The molecule has 0 aromatic heterocycles. The van der Waals surface area contributed by atoms with Crippen molar-refractivity contribution in [3.63, 3.8) is 0 Å². The van der Waals surface area contributed by atoms with Gasteiger partial charge in [-0.25, -0.2) is 0 Å². The minimum atomic E-state index is -4.80. The smallest absolute Gasteiger partial charge is 0.404 e. The first-order valence-corrected chi connectivity index (χ1v) is 6.61. The van der Waals surface area contributed by atoms with E-state index in [9.17, 15) is 18.3 Å². The Morgan fingerprint density at radius 2 is 2.05 bits per heavy atom. The standard InChI is InChI=1S/C13H17ClF3NO2/c1-2-3-4-10(19)12(18)8-5-6-11(9(14)7-8)20-13(15,16)17/h5-7,10,12,19H,2-4,18H2,1H3/t10-,12+/m0/s1. The van der Waals surface area contributed by atoms with Gasteiger partial charge < -0.3 is 15.6 Å². The van der Waals surface area contributed by atoms with Crippen LogP contribution in [-0.2, 0) is 0 Å². The number of hydrogen-bond acceptors (Lipinski definition) is 3. The van der Waals surface area contributed by atoms with Gasteiger partial charge in [0.05, 0.1) is 17.2 Å². The van der Waals surface area contributed by atoms with Gasteiger partial charge in [-0.15, -0.1) is 13.2 Å². The van der Waals surface area contributed by atoms with Gasteiger partial charge in [-0.2, -0.15) is 0 Å². The minimum Gasteiger partial charge on any atom is -0.404 e. The van der Waals surface area contributed by atoms with Crippen molar-refractivity contribution in [1.82, 2.24) is 0 Å². The van der Waals surface area contributed by atoms with Crippen LogP contribution in [0.25, 0.3) is 0 Å². The maximum Gasteiger partial charge on any atom is 0.573 e. The molecule has 7 heteroatoms. The van der Waals surface area contributed by atoms with Gasteiger partial charge in [0.2, 0.25) is 0 Å². The lowest BCUT2D eigenvalue weighted by atomic mass is 9.98. The van der Waals surface area contributed by atoms with Crippen LogP contribution >= 0.6 is 11.6 Å². The van der Waals surface area contributed by atoms with Crippen LogP contribution in [0.1, 0.15) is 37.8 Å². The Bertz CT molecular complexity index is 440. The lowest BCUT2D eigenvalue weighted by Gasteiger charge is -2.20. The molecule has 3 nitrogen and oxygen atoms in total. The summed E-state index contributed by atoms with van der Waals surface area (Å²) < 4.78 is 40.1. The van der Waals surface area contributed by atoms with Crippen LogP contribution in [0.5, 0.6) is 5.75 Å². The van der Waals surface area contributed by atoms with Gasteiger partial charge in [-0.3, -0.25) is 0 Å². The highest BCUT2D eigenvalue weighted by Gasteiger charge is 2.32. The molecular formula is C13H17ClF3NO2. The van der Waals surface area contributed by atoms with Crippen molar-refractivity contribution in [1.29, 1.82) is 0 Å².